The van der Waals surface area contributed by atoms with E-state index in [-0.39, 0.29) is 0 Å². The number of hydrogen-bond donors (Lipinski definition) is 0. The number of hydrogen-bond acceptors (Lipinski definition) is 3. The van der Waals surface area contributed by atoms with Crippen LogP contribution >= 0.6 is 0 Å². The summed E-state index contributed by atoms with van der Waals surface area (Å²) in [7, 11) is 0. The summed E-state index contributed by atoms with van der Waals surface area (Å²) in [5.41, 5.74) is 0. The Morgan fingerprint density at radius 2 is 0.833 bits per heavy atom. The summed E-state index contributed by atoms with van der Waals surface area (Å²) in [6.07, 6.45) is 3.72. The Kier molecular flexibility index (Phi) is 6.61. The summed E-state index contributed by atoms with van der Waals surface area (Å²) < 4.78 is 0. The van der Waals surface area contributed by atoms with E-state index in [1.807, 2.05) is 0 Å². The predicted octanol–water partition coefficient (Wildman–Crippen LogP) is 3.17. The summed E-state index contributed by atoms with van der Waals surface area (Å²) in [5, 5.41) is 0. The first-order valence-electron chi connectivity index (χ1n) is 7.75. The zero-order valence-electron chi connectivity index (χ0n) is 13.3. The summed E-state index contributed by atoms with van der Waals surface area (Å²) in [4.78, 5) is 7.88. The van der Waals surface area contributed by atoms with Crippen LogP contribution in [0.1, 0.15) is 60.8 Å². The molecule has 1 fully saturated rings. The average Bonchev–Trinajstić information content (AvgIpc) is 2.43. The Bertz CT molecular complexity index is 188. The van der Waals surface area contributed by atoms with Gasteiger partial charge in [-0.15, -0.1) is 0 Å². The standard InChI is InChI=1S/C15H33N3/c1-7-13(4)16-10-17(14(5)8-2)12-18(11-16)15(6)9-3/h13-15H,7-12H2,1-6H3. The quantitative estimate of drug-likeness (QED) is 0.722. The molecular weight excluding hydrogens is 222 g/mol. The largest absolute Gasteiger partial charge is 0.275 e. The van der Waals surface area contributed by atoms with Crippen molar-refractivity contribution < 1.29 is 0 Å². The van der Waals surface area contributed by atoms with Crippen molar-refractivity contribution in [3.05, 3.63) is 0 Å². The molecule has 108 valence electrons. The highest BCUT2D eigenvalue weighted by Gasteiger charge is 2.29. The first-order valence-corrected chi connectivity index (χ1v) is 7.75. The van der Waals surface area contributed by atoms with Gasteiger partial charge in [0.15, 0.2) is 0 Å². The molecule has 1 heterocycles. The van der Waals surface area contributed by atoms with Crippen LogP contribution in [0.15, 0.2) is 0 Å². The first kappa shape index (κ1) is 15.9. The minimum Gasteiger partial charge on any atom is -0.275 e. The summed E-state index contributed by atoms with van der Waals surface area (Å²) in [6.45, 7) is 17.4. The molecule has 3 heteroatoms. The molecule has 0 saturated carbocycles. The minimum atomic E-state index is 0.684. The third-order valence-corrected chi connectivity index (χ3v) is 4.73. The molecule has 1 rings (SSSR count). The van der Waals surface area contributed by atoms with Crippen molar-refractivity contribution in [3.8, 4) is 0 Å². The molecule has 0 aromatic carbocycles. The molecule has 3 nitrogen and oxygen atoms in total. The van der Waals surface area contributed by atoms with Crippen LogP contribution in [0.2, 0.25) is 0 Å². The van der Waals surface area contributed by atoms with Gasteiger partial charge in [-0.1, -0.05) is 20.8 Å². The smallest absolute Gasteiger partial charge is 0.0535 e. The van der Waals surface area contributed by atoms with Gasteiger partial charge < -0.3 is 0 Å². The third-order valence-electron chi connectivity index (χ3n) is 4.73. The van der Waals surface area contributed by atoms with E-state index in [4.69, 9.17) is 0 Å². The van der Waals surface area contributed by atoms with E-state index >= 15 is 0 Å². The van der Waals surface area contributed by atoms with Crippen LogP contribution in [-0.4, -0.2) is 52.8 Å². The van der Waals surface area contributed by atoms with Crippen LogP contribution in [-0.2, 0) is 0 Å². The topological polar surface area (TPSA) is 9.72 Å². The molecule has 1 saturated heterocycles. The molecule has 0 amide bonds. The highest BCUT2D eigenvalue weighted by molar-refractivity contribution is 4.78. The molecule has 0 radical (unpaired) electrons. The lowest BCUT2D eigenvalue weighted by Crippen LogP contribution is -2.60. The van der Waals surface area contributed by atoms with Crippen LogP contribution in [0.3, 0.4) is 0 Å². The SMILES string of the molecule is CCC(C)N1CN(C(C)CC)CN(C(C)CC)C1. The second-order valence-corrected chi connectivity index (χ2v) is 5.96. The first-order chi connectivity index (χ1) is 8.53. The maximum absolute atomic E-state index is 2.63. The molecule has 0 bridgehead atoms. The second-order valence-electron chi connectivity index (χ2n) is 5.96. The van der Waals surface area contributed by atoms with E-state index in [9.17, 15) is 0 Å². The highest BCUT2D eigenvalue weighted by Crippen LogP contribution is 2.19. The Morgan fingerprint density at radius 3 is 1.00 bits per heavy atom. The molecule has 0 aliphatic carbocycles. The average molecular weight is 255 g/mol. The van der Waals surface area contributed by atoms with Crippen molar-refractivity contribution in [3.63, 3.8) is 0 Å². The molecule has 1 aliphatic heterocycles. The molecule has 0 spiro atoms. The Morgan fingerprint density at radius 1 is 0.611 bits per heavy atom. The van der Waals surface area contributed by atoms with Crippen molar-refractivity contribution in [1.29, 1.82) is 0 Å². The third kappa shape index (κ3) is 3.94. The lowest BCUT2D eigenvalue weighted by molar-refractivity contribution is -0.0792. The van der Waals surface area contributed by atoms with Crippen LogP contribution in [0, 0.1) is 0 Å². The second kappa shape index (κ2) is 7.46. The summed E-state index contributed by atoms with van der Waals surface area (Å²) in [6, 6.07) is 2.05. The van der Waals surface area contributed by atoms with Gasteiger partial charge in [-0.25, -0.2) is 0 Å². The van der Waals surface area contributed by atoms with Gasteiger partial charge in [0.1, 0.15) is 0 Å². The van der Waals surface area contributed by atoms with E-state index in [1.54, 1.807) is 0 Å². The summed E-state index contributed by atoms with van der Waals surface area (Å²) >= 11 is 0. The van der Waals surface area contributed by atoms with Crippen molar-refractivity contribution in [2.24, 2.45) is 0 Å². The van der Waals surface area contributed by atoms with Crippen LogP contribution < -0.4 is 0 Å². The monoisotopic (exact) mass is 255 g/mol. The zero-order valence-corrected chi connectivity index (χ0v) is 13.3. The van der Waals surface area contributed by atoms with E-state index in [1.165, 1.54) is 19.3 Å². The fourth-order valence-electron chi connectivity index (χ4n) is 2.45. The molecular formula is C15H33N3. The minimum absolute atomic E-state index is 0.684. The van der Waals surface area contributed by atoms with Crippen molar-refractivity contribution in [2.75, 3.05) is 20.0 Å². The predicted molar refractivity (Wildman–Crippen MR) is 79.4 cm³/mol. The molecule has 18 heavy (non-hydrogen) atoms. The lowest BCUT2D eigenvalue weighted by atomic mass is 10.1. The number of nitrogens with zero attached hydrogens (tertiary/aromatic N) is 3. The van der Waals surface area contributed by atoms with Gasteiger partial charge in [-0.3, -0.25) is 14.7 Å². The fraction of sp³-hybridized carbons (Fsp3) is 1.00. The lowest BCUT2D eigenvalue weighted by Gasteiger charge is -2.48. The molecule has 3 atom stereocenters. The van der Waals surface area contributed by atoms with Gasteiger partial charge in [-0.05, 0) is 40.0 Å². The highest BCUT2D eigenvalue weighted by atomic mass is 15.5. The fourth-order valence-corrected chi connectivity index (χ4v) is 2.45. The number of rotatable bonds is 6. The maximum Gasteiger partial charge on any atom is 0.0535 e. The van der Waals surface area contributed by atoms with E-state index in [0.717, 1.165) is 20.0 Å². The molecule has 0 aromatic rings. The molecule has 1 aliphatic rings. The van der Waals surface area contributed by atoms with E-state index in [2.05, 4.69) is 56.2 Å². The van der Waals surface area contributed by atoms with Gasteiger partial charge in [-0.2, -0.15) is 0 Å². The van der Waals surface area contributed by atoms with Crippen molar-refractivity contribution in [1.82, 2.24) is 14.7 Å². The zero-order chi connectivity index (χ0) is 13.7. The molecule has 0 N–H and O–H groups in total. The van der Waals surface area contributed by atoms with Crippen molar-refractivity contribution >= 4 is 0 Å². The summed E-state index contributed by atoms with van der Waals surface area (Å²) in [5.74, 6) is 0. The Hall–Kier alpha value is -0.120. The van der Waals surface area contributed by atoms with Gasteiger partial charge in [0.05, 0.1) is 20.0 Å². The van der Waals surface area contributed by atoms with Crippen molar-refractivity contribution in [2.45, 2.75) is 78.9 Å². The Balaban J connectivity index is 2.71. The molecule has 3 unspecified atom stereocenters. The molecule has 0 aromatic heterocycles. The van der Waals surface area contributed by atoms with Gasteiger partial charge in [0.2, 0.25) is 0 Å². The van der Waals surface area contributed by atoms with Crippen LogP contribution in [0.4, 0.5) is 0 Å². The van der Waals surface area contributed by atoms with E-state index < -0.39 is 0 Å². The van der Waals surface area contributed by atoms with Gasteiger partial charge in [0, 0.05) is 18.1 Å². The maximum atomic E-state index is 2.63. The van der Waals surface area contributed by atoms with E-state index in [0.29, 0.717) is 18.1 Å². The normalized spacial score (nSPS) is 25.0. The van der Waals surface area contributed by atoms with Gasteiger partial charge >= 0.3 is 0 Å². The van der Waals surface area contributed by atoms with Crippen LogP contribution in [0.5, 0.6) is 0 Å². The Labute approximate surface area is 114 Å². The van der Waals surface area contributed by atoms with Crippen LogP contribution in [0.25, 0.3) is 0 Å². The van der Waals surface area contributed by atoms with Gasteiger partial charge in [0.25, 0.3) is 0 Å².